The summed E-state index contributed by atoms with van der Waals surface area (Å²) in [6, 6.07) is 27.4. The molecule has 28 heavy (non-hydrogen) atoms. The van der Waals surface area contributed by atoms with Gasteiger partial charge < -0.3 is 10.0 Å². The minimum atomic E-state index is -1.41. The second kappa shape index (κ2) is 8.74. The van der Waals surface area contributed by atoms with Crippen LogP contribution in [0, 0.1) is 0 Å². The van der Waals surface area contributed by atoms with Crippen LogP contribution in [0.25, 0.3) is 0 Å². The molecule has 0 fully saturated rings. The lowest BCUT2D eigenvalue weighted by molar-refractivity contribution is 0.162. The molecule has 4 heteroatoms. The molecule has 3 nitrogen and oxygen atoms in total. The van der Waals surface area contributed by atoms with E-state index < -0.39 is 7.12 Å². The second-order valence-electron chi connectivity index (χ2n) is 7.63. The van der Waals surface area contributed by atoms with Gasteiger partial charge in [-0.3, -0.25) is 4.90 Å². The van der Waals surface area contributed by atoms with Gasteiger partial charge in [-0.05, 0) is 47.0 Å². The van der Waals surface area contributed by atoms with E-state index in [9.17, 15) is 10.0 Å². The van der Waals surface area contributed by atoms with E-state index in [1.54, 1.807) is 0 Å². The van der Waals surface area contributed by atoms with E-state index in [4.69, 9.17) is 0 Å². The highest BCUT2D eigenvalue weighted by Gasteiger charge is 2.28. The van der Waals surface area contributed by atoms with Crippen molar-refractivity contribution in [3.63, 3.8) is 0 Å². The van der Waals surface area contributed by atoms with E-state index in [0.717, 1.165) is 37.9 Å². The van der Waals surface area contributed by atoms with Crippen LogP contribution >= 0.6 is 0 Å². The Morgan fingerprint density at radius 2 is 1.39 bits per heavy atom. The van der Waals surface area contributed by atoms with Crippen LogP contribution < -0.4 is 5.46 Å². The van der Waals surface area contributed by atoms with Crippen molar-refractivity contribution in [2.75, 3.05) is 0 Å². The normalized spacial score (nSPS) is 16.0. The van der Waals surface area contributed by atoms with Crippen LogP contribution in [0.3, 0.4) is 0 Å². The largest absolute Gasteiger partial charge is 0.488 e. The highest BCUT2D eigenvalue weighted by atomic mass is 16.4. The average molecular weight is 371 g/mol. The van der Waals surface area contributed by atoms with Gasteiger partial charge in [0.2, 0.25) is 0 Å². The summed E-state index contributed by atoms with van der Waals surface area (Å²) >= 11 is 0. The van der Waals surface area contributed by atoms with E-state index in [2.05, 4.69) is 71.6 Å². The molecule has 3 aromatic carbocycles. The summed E-state index contributed by atoms with van der Waals surface area (Å²) in [6.07, 6.45) is 2.90. The van der Waals surface area contributed by atoms with Gasteiger partial charge >= 0.3 is 7.12 Å². The first kappa shape index (κ1) is 18.9. The molecule has 0 aromatic heterocycles. The maximum atomic E-state index is 9.82. The standard InChI is InChI=1S/C24H26BNO2/c27-25(28)24-13-7-12-21-14-15-22(16-23(21)24)26(17-19-8-3-1-4-9-19)18-20-10-5-2-6-11-20/h1-13,22,27-28H,14-18H2/t22-/m1/s1. The smallest absolute Gasteiger partial charge is 0.423 e. The monoisotopic (exact) mass is 371 g/mol. The first-order chi connectivity index (χ1) is 13.7. The third kappa shape index (κ3) is 4.36. The van der Waals surface area contributed by atoms with Gasteiger partial charge in [0, 0.05) is 19.1 Å². The molecular weight excluding hydrogens is 345 g/mol. The summed E-state index contributed by atoms with van der Waals surface area (Å²) in [7, 11) is -1.41. The summed E-state index contributed by atoms with van der Waals surface area (Å²) in [4.78, 5) is 2.54. The molecule has 0 unspecified atom stereocenters. The highest BCUT2D eigenvalue weighted by Crippen LogP contribution is 2.26. The van der Waals surface area contributed by atoms with Crippen LogP contribution in [0.5, 0.6) is 0 Å². The van der Waals surface area contributed by atoms with Crippen molar-refractivity contribution in [3.05, 3.63) is 101 Å². The lowest BCUT2D eigenvalue weighted by Gasteiger charge is -2.36. The fourth-order valence-electron chi connectivity index (χ4n) is 4.30. The van der Waals surface area contributed by atoms with Gasteiger partial charge in [-0.1, -0.05) is 78.9 Å². The minimum absolute atomic E-state index is 0.368. The van der Waals surface area contributed by atoms with E-state index in [1.165, 1.54) is 16.7 Å². The van der Waals surface area contributed by atoms with Gasteiger partial charge in [-0.2, -0.15) is 0 Å². The van der Waals surface area contributed by atoms with Gasteiger partial charge in [0.25, 0.3) is 0 Å². The molecule has 4 rings (SSSR count). The average Bonchev–Trinajstić information content (AvgIpc) is 2.74. The Hall–Kier alpha value is -2.40. The number of hydrogen-bond acceptors (Lipinski definition) is 3. The SMILES string of the molecule is OB(O)c1cccc2c1C[C@H](N(Cc1ccccc1)Cc1ccccc1)CC2. The molecule has 2 N–H and O–H groups in total. The Balaban J connectivity index is 1.61. The molecule has 0 saturated carbocycles. The van der Waals surface area contributed by atoms with Gasteiger partial charge in [0.05, 0.1) is 0 Å². The van der Waals surface area contributed by atoms with Gasteiger partial charge in [0.15, 0.2) is 0 Å². The zero-order valence-corrected chi connectivity index (χ0v) is 16.0. The van der Waals surface area contributed by atoms with E-state index in [-0.39, 0.29) is 0 Å². The summed E-state index contributed by atoms with van der Waals surface area (Å²) in [5, 5.41) is 19.6. The molecule has 1 aliphatic rings. The van der Waals surface area contributed by atoms with Crippen molar-refractivity contribution < 1.29 is 10.0 Å². The number of aryl methyl sites for hydroxylation is 1. The Kier molecular flexibility index (Phi) is 5.91. The molecule has 0 heterocycles. The summed E-state index contributed by atoms with van der Waals surface area (Å²) in [6.45, 7) is 1.78. The van der Waals surface area contributed by atoms with Gasteiger partial charge in [-0.15, -0.1) is 0 Å². The van der Waals surface area contributed by atoms with Gasteiger partial charge in [-0.25, -0.2) is 0 Å². The predicted molar refractivity (Wildman–Crippen MR) is 114 cm³/mol. The third-order valence-corrected chi connectivity index (χ3v) is 5.75. The van der Waals surface area contributed by atoms with Crippen molar-refractivity contribution in [1.29, 1.82) is 0 Å². The van der Waals surface area contributed by atoms with Crippen LogP contribution in [-0.2, 0) is 25.9 Å². The summed E-state index contributed by atoms with van der Waals surface area (Å²) in [5.74, 6) is 0. The molecule has 0 bridgehead atoms. The number of hydrogen-bond donors (Lipinski definition) is 2. The van der Waals surface area contributed by atoms with E-state index in [1.807, 2.05) is 12.1 Å². The fourth-order valence-corrected chi connectivity index (χ4v) is 4.30. The summed E-state index contributed by atoms with van der Waals surface area (Å²) < 4.78 is 0. The number of fused-ring (bicyclic) bond motifs is 1. The van der Waals surface area contributed by atoms with Crippen molar-refractivity contribution >= 4 is 12.6 Å². The van der Waals surface area contributed by atoms with E-state index >= 15 is 0 Å². The van der Waals surface area contributed by atoms with Crippen LogP contribution in [0.2, 0.25) is 0 Å². The predicted octanol–water partition coefficient (Wildman–Crippen LogP) is 2.93. The lowest BCUT2D eigenvalue weighted by atomic mass is 9.71. The van der Waals surface area contributed by atoms with Crippen LogP contribution in [0.4, 0.5) is 0 Å². The lowest BCUT2D eigenvalue weighted by Crippen LogP contribution is -2.43. The molecule has 0 aliphatic heterocycles. The maximum Gasteiger partial charge on any atom is 0.488 e. The topological polar surface area (TPSA) is 43.7 Å². The third-order valence-electron chi connectivity index (χ3n) is 5.75. The quantitative estimate of drug-likeness (QED) is 0.655. The molecular formula is C24H26BNO2. The minimum Gasteiger partial charge on any atom is -0.423 e. The van der Waals surface area contributed by atoms with Crippen molar-refractivity contribution in [1.82, 2.24) is 4.90 Å². The Morgan fingerprint density at radius 3 is 1.96 bits per heavy atom. The van der Waals surface area contributed by atoms with Crippen LogP contribution in [0.15, 0.2) is 78.9 Å². The van der Waals surface area contributed by atoms with Crippen molar-refractivity contribution in [3.8, 4) is 0 Å². The highest BCUT2D eigenvalue weighted by molar-refractivity contribution is 6.59. The first-order valence-electron chi connectivity index (χ1n) is 9.99. The second-order valence-corrected chi connectivity index (χ2v) is 7.63. The van der Waals surface area contributed by atoms with Crippen LogP contribution in [-0.4, -0.2) is 28.1 Å². The molecule has 0 spiro atoms. The fraction of sp³-hybridized carbons (Fsp3) is 0.250. The molecule has 0 radical (unpaired) electrons. The summed E-state index contributed by atoms with van der Waals surface area (Å²) in [5.41, 5.74) is 5.63. The number of rotatable bonds is 6. The molecule has 3 aromatic rings. The van der Waals surface area contributed by atoms with Crippen LogP contribution in [0.1, 0.15) is 28.7 Å². The Labute approximate surface area is 167 Å². The molecule has 0 amide bonds. The maximum absolute atomic E-state index is 9.82. The van der Waals surface area contributed by atoms with Crippen molar-refractivity contribution in [2.45, 2.75) is 38.4 Å². The molecule has 142 valence electrons. The zero-order valence-electron chi connectivity index (χ0n) is 16.0. The van der Waals surface area contributed by atoms with E-state index in [0.29, 0.717) is 11.5 Å². The Morgan fingerprint density at radius 1 is 0.786 bits per heavy atom. The zero-order chi connectivity index (χ0) is 19.3. The molecule has 1 atom stereocenters. The first-order valence-corrected chi connectivity index (χ1v) is 9.99. The molecule has 1 aliphatic carbocycles. The van der Waals surface area contributed by atoms with Crippen molar-refractivity contribution in [2.24, 2.45) is 0 Å². The number of benzene rings is 3. The van der Waals surface area contributed by atoms with Gasteiger partial charge in [0.1, 0.15) is 0 Å². The molecule has 0 saturated heterocycles. The number of nitrogens with zero attached hydrogens (tertiary/aromatic N) is 1. The Bertz CT molecular complexity index is 857.